The van der Waals surface area contributed by atoms with Gasteiger partial charge in [-0.1, -0.05) is 326 Å². The highest BCUT2D eigenvalue weighted by Crippen LogP contribution is 2.18. The minimum Gasteiger partial charge on any atom is -0.462 e. The van der Waals surface area contributed by atoms with E-state index in [1.807, 2.05) is 0 Å². The van der Waals surface area contributed by atoms with E-state index in [1.54, 1.807) is 0 Å². The fourth-order valence-corrected chi connectivity index (χ4v) is 9.85. The zero-order valence-electron chi connectivity index (χ0n) is 50.3. The molecule has 0 aromatic rings. The van der Waals surface area contributed by atoms with Crippen LogP contribution in [0.2, 0.25) is 0 Å². The molecule has 0 bridgehead atoms. The zero-order valence-corrected chi connectivity index (χ0v) is 50.3. The Kier molecular flexibility index (Phi) is 61.7. The molecule has 6 heteroatoms. The van der Waals surface area contributed by atoms with Crippen molar-refractivity contribution in [3.63, 3.8) is 0 Å². The molecule has 0 aromatic carbocycles. The standard InChI is InChI=1S/C69H126O6/c1-4-7-10-13-16-19-22-25-28-31-33-34-36-39-42-45-48-51-54-57-60-63-69(72)75-66(64-73-67(70)61-58-55-52-49-46-43-40-37-30-27-24-21-18-15-12-9-6-3)65-74-68(71)62-59-56-53-50-47-44-41-38-35-32-29-26-23-20-17-14-11-8-5-2/h18,21,27,30,40,43,49,52,66H,4-17,19-20,22-26,28-29,31-39,41-42,44-48,50-51,53-65H2,1-3H3/b21-18-,30-27-,43-40-,52-49-/t66-/m1/s1. The molecule has 0 aliphatic heterocycles. The van der Waals surface area contributed by atoms with Crippen LogP contribution in [0.3, 0.4) is 0 Å². The molecule has 0 fully saturated rings. The van der Waals surface area contributed by atoms with Gasteiger partial charge in [-0.05, 0) is 57.8 Å². The van der Waals surface area contributed by atoms with E-state index in [-0.39, 0.29) is 37.5 Å². The largest absolute Gasteiger partial charge is 0.462 e. The summed E-state index contributed by atoms with van der Waals surface area (Å²) >= 11 is 0. The normalized spacial score (nSPS) is 12.3. The van der Waals surface area contributed by atoms with E-state index in [4.69, 9.17) is 14.2 Å². The van der Waals surface area contributed by atoms with E-state index >= 15 is 0 Å². The third-order valence-electron chi connectivity index (χ3n) is 14.8. The Morgan fingerprint density at radius 1 is 0.267 bits per heavy atom. The van der Waals surface area contributed by atoms with Crippen LogP contribution in [0.15, 0.2) is 48.6 Å². The summed E-state index contributed by atoms with van der Waals surface area (Å²) in [5.74, 6) is -0.918. The fourth-order valence-electron chi connectivity index (χ4n) is 9.85. The Balaban J connectivity index is 4.37. The highest BCUT2D eigenvalue weighted by Gasteiger charge is 2.19. The van der Waals surface area contributed by atoms with Crippen molar-refractivity contribution in [1.29, 1.82) is 0 Å². The van der Waals surface area contributed by atoms with Crippen molar-refractivity contribution in [2.24, 2.45) is 0 Å². The molecule has 0 saturated heterocycles. The van der Waals surface area contributed by atoms with E-state index in [0.717, 1.165) is 64.2 Å². The van der Waals surface area contributed by atoms with Gasteiger partial charge in [0, 0.05) is 19.3 Å². The highest BCUT2D eigenvalue weighted by atomic mass is 16.6. The van der Waals surface area contributed by atoms with Gasteiger partial charge < -0.3 is 14.2 Å². The summed E-state index contributed by atoms with van der Waals surface area (Å²) in [5, 5.41) is 0. The quantitative estimate of drug-likeness (QED) is 0.0261. The minimum atomic E-state index is -0.793. The third-order valence-corrected chi connectivity index (χ3v) is 14.8. The van der Waals surface area contributed by atoms with Gasteiger partial charge in [0.05, 0.1) is 0 Å². The lowest BCUT2D eigenvalue weighted by molar-refractivity contribution is -0.167. The van der Waals surface area contributed by atoms with Gasteiger partial charge in [0.15, 0.2) is 6.10 Å². The summed E-state index contributed by atoms with van der Waals surface area (Å²) in [6.45, 7) is 6.63. The maximum atomic E-state index is 12.9. The van der Waals surface area contributed by atoms with Gasteiger partial charge in [-0.15, -0.1) is 0 Å². The topological polar surface area (TPSA) is 78.9 Å². The number of esters is 3. The molecule has 0 aliphatic rings. The Hall–Kier alpha value is -2.63. The first-order valence-corrected chi connectivity index (χ1v) is 33.1. The summed E-state index contributed by atoms with van der Waals surface area (Å²) in [6.07, 6.45) is 79.9. The van der Waals surface area contributed by atoms with E-state index < -0.39 is 6.10 Å². The van der Waals surface area contributed by atoms with Crippen molar-refractivity contribution in [3.8, 4) is 0 Å². The predicted octanol–water partition coefficient (Wildman–Crippen LogP) is 22.6. The molecule has 0 radical (unpaired) electrons. The average Bonchev–Trinajstić information content (AvgIpc) is 3.41. The van der Waals surface area contributed by atoms with Crippen LogP contribution in [0.1, 0.15) is 355 Å². The van der Waals surface area contributed by atoms with Crippen molar-refractivity contribution in [2.75, 3.05) is 13.2 Å². The fraction of sp³-hybridized carbons (Fsp3) is 0.841. The summed E-state index contributed by atoms with van der Waals surface area (Å²) < 4.78 is 16.9. The number of allylic oxidation sites excluding steroid dienone is 8. The van der Waals surface area contributed by atoms with Crippen LogP contribution >= 0.6 is 0 Å². The highest BCUT2D eigenvalue weighted by molar-refractivity contribution is 5.71. The Bertz CT molecular complexity index is 1300. The third kappa shape index (κ3) is 62.1. The first kappa shape index (κ1) is 72.4. The second kappa shape index (κ2) is 63.9. The summed E-state index contributed by atoms with van der Waals surface area (Å²) in [5.41, 5.74) is 0. The number of unbranched alkanes of at least 4 members (excludes halogenated alkanes) is 42. The van der Waals surface area contributed by atoms with Gasteiger partial charge >= 0.3 is 17.9 Å². The molecular weight excluding hydrogens is 925 g/mol. The molecule has 1 atom stereocenters. The Morgan fingerprint density at radius 2 is 0.493 bits per heavy atom. The van der Waals surface area contributed by atoms with Crippen molar-refractivity contribution >= 4 is 17.9 Å². The SMILES string of the molecule is CCCCC/C=C\C/C=C\C/C=C\C/C=C\CCCC(=O)OC[C@H](COC(=O)CCCCCCCCCCCCCCCCCCCCC)OC(=O)CCCCCCCCCCCCCCCCCCCCCCC. The first-order valence-electron chi connectivity index (χ1n) is 33.1. The molecule has 0 amide bonds. The first-order chi connectivity index (χ1) is 37.0. The molecule has 0 N–H and O–H groups in total. The lowest BCUT2D eigenvalue weighted by Gasteiger charge is -2.18. The molecule has 0 aliphatic carbocycles. The molecule has 0 rings (SSSR count). The van der Waals surface area contributed by atoms with Crippen LogP contribution in [0, 0.1) is 0 Å². The van der Waals surface area contributed by atoms with E-state index in [2.05, 4.69) is 69.4 Å². The maximum Gasteiger partial charge on any atom is 0.306 e. The van der Waals surface area contributed by atoms with Gasteiger partial charge in [-0.3, -0.25) is 14.4 Å². The van der Waals surface area contributed by atoms with Crippen molar-refractivity contribution in [3.05, 3.63) is 48.6 Å². The number of carbonyl (C=O) groups is 3. The molecule has 0 aromatic heterocycles. The van der Waals surface area contributed by atoms with Gasteiger partial charge in [0.1, 0.15) is 13.2 Å². The second-order valence-electron chi connectivity index (χ2n) is 22.4. The van der Waals surface area contributed by atoms with Gasteiger partial charge in [-0.2, -0.15) is 0 Å². The summed E-state index contributed by atoms with van der Waals surface area (Å²) in [6, 6.07) is 0. The van der Waals surface area contributed by atoms with Crippen molar-refractivity contribution in [2.45, 2.75) is 361 Å². The van der Waals surface area contributed by atoms with Gasteiger partial charge in [-0.25, -0.2) is 0 Å². The van der Waals surface area contributed by atoms with E-state index in [0.29, 0.717) is 19.3 Å². The molecule has 438 valence electrons. The molecule has 0 saturated carbocycles. The number of hydrogen-bond donors (Lipinski definition) is 0. The lowest BCUT2D eigenvalue weighted by atomic mass is 10.0. The Labute approximate surface area is 467 Å². The molecular formula is C69H126O6. The van der Waals surface area contributed by atoms with Crippen LogP contribution in [0.25, 0.3) is 0 Å². The smallest absolute Gasteiger partial charge is 0.306 e. The minimum absolute atomic E-state index is 0.0848. The van der Waals surface area contributed by atoms with Crippen LogP contribution in [0.5, 0.6) is 0 Å². The van der Waals surface area contributed by atoms with Gasteiger partial charge in [0.25, 0.3) is 0 Å². The van der Waals surface area contributed by atoms with Crippen LogP contribution in [0.4, 0.5) is 0 Å². The van der Waals surface area contributed by atoms with Crippen LogP contribution < -0.4 is 0 Å². The number of ether oxygens (including phenoxy) is 3. The maximum absolute atomic E-state index is 12.9. The predicted molar refractivity (Wildman–Crippen MR) is 325 cm³/mol. The average molecular weight is 1050 g/mol. The van der Waals surface area contributed by atoms with Crippen LogP contribution in [-0.2, 0) is 28.6 Å². The van der Waals surface area contributed by atoms with Gasteiger partial charge in [0.2, 0.25) is 0 Å². The molecule has 6 nitrogen and oxygen atoms in total. The zero-order chi connectivity index (χ0) is 54.3. The molecule has 0 heterocycles. The summed E-state index contributed by atoms with van der Waals surface area (Å²) in [7, 11) is 0. The van der Waals surface area contributed by atoms with E-state index in [1.165, 1.54) is 244 Å². The number of rotatable bonds is 61. The number of hydrogen-bond acceptors (Lipinski definition) is 6. The van der Waals surface area contributed by atoms with Crippen molar-refractivity contribution < 1.29 is 28.6 Å². The monoisotopic (exact) mass is 1050 g/mol. The molecule has 0 spiro atoms. The second-order valence-corrected chi connectivity index (χ2v) is 22.4. The molecule has 0 unspecified atom stereocenters. The molecule has 75 heavy (non-hydrogen) atoms. The Morgan fingerprint density at radius 3 is 0.800 bits per heavy atom. The number of carbonyl (C=O) groups excluding carboxylic acids is 3. The lowest BCUT2D eigenvalue weighted by Crippen LogP contribution is -2.30. The van der Waals surface area contributed by atoms with E-state index in [9.17, 15) is 14.4 Å². The van der Waals surface area contributed by atoms with Crippen LogP contribution in [-0.4, -0.2) is 37.2 Å². The summed E-state index contributed by atoms with van der Waals surface area (Å²) in [4.78, 5) is 38.3. The van der Waals surface area contributed by atoms with Crippen molar-refractivity contribution in [1.82, 2.24) is 0 Å².